The van der Waals surface area contributed by atoms with Crippen molar-refractivity contribution in [2.24, 2.45) is 11.8 Å². The van der Waals surface area contributed by atoms with Gasteiger partial charge in [-0.15, -0.1) is 0 Å². The Labute approximate surface area is 108 Å². The topological polar surface area (TPSA) is 40.5 Å². The molecule has 1 aromatic carbocycles. The predicted octanol–water partition coefficient (Wildman–Crippen LogP) is 2.40. The lowest BCUT2D eigenvalue weighted by atomic mass is 9.93. The first-order valence-electron chi connectivity index (χ1n) is 6.60. The molecule has 3 heteroatoms. The van der Waals surface area contributed by atoms with E-state index in [9.17, 15) is 9.90 Å². The lowest BCUT2D eigenvalue weighted by Crippen LogP contribution is -2.38. The van der Waals surface area contributed by atoms with Gasteiger partial charge in [-0.25, -0.2) is 0 Å². The van der Waals surface area contributed by atoms with Crippen molar-refractivity contribution in [2.45, 2.75) is 26.8 Å². The van der Waals surface area contributed by atoms with Crippen LogP contribution in [-0.4, -0.2) is 29.1 Å². The molecule has 0 saturated carbocycles. The molecule has 1 atom stereocenters. The van der Waals surface area contributed by atoms with E-state index in [0.717, 1.165) is 19.5 Å². The summed E-state index contributed by atoms with van der Waals surface area (Å²) in [5.74, 6) is -0.765. The van der Waals surface area contributed by atoms with E-state index in [1.165, 1.54) is 11.1 Å². The van der Waals surface area contributed by atoms with Crippen molar-refractivity contribution in [3.05, 3.63) is 35.4 Å². The van der Waals surface area contributed by atoms with Gasteiger partial charge in [0.1, 0.15) is 0 Å². The SMILES string of the molecule is CC(C)C(CN1CCc2ccccc2C1)C(=O)O. The van der Waals surface area contributed by atoms with Crippen LogP contribution in [0.25, 0.3) is 0 Å². The first-order valence-corrected chi connectivity index (χ1v) is 6.60. The van der Waals surface area contributed by atoms with Crippen molar-refractivity contribution in [1.29, 1.82) is 0 Å². The average molecular weight is 247 g/mol. The molecule has 0 fully saturated rings. The maximum atomic E-state index is 11.2. The van der Waals surface area contributed by atoms with E-state index in [2.05, 4.69) is 29.2 Å². The van der Waals surface area contributed by atoms with Gasteiger partial charge < -0.3 is 5.11 Å². The third-order valence-corrected chi connectivity index (χ3v) is 3.79. The molecular formula is C15H21NO2. The average Bonchev–Trinajstić information content (AvgIpc) is 2.35. The number of rotatable bonds is 4. The Morgan fingerprint density at radius 2 is 2.00 bits per heavy atom. The van der Waals surface area contributed by atoms with Gasteiger partial charge in [-0.1, -0.05) is 38.1 Å². The van der Waals surface area contributed by atoms with E-state index in [0.29, 0.717) is 6.54 Å². The minimum absolute atomic E-state index is 0.180. The zero-order valence-electron chi connectivity index (χ0n) is 11.1. The molecule has 0 aromatic heterocycles. The number of aliphatic carboxylic acids is 1. The molecule has 0 bridgehead atoms. The quantitative estimate of drug-likeness (QED) is 0.888. The third kappa shape index (κ3) is 2.91. The largest absolute Gasteiger partial charge is 0.481 e. The lowest BCUT2D eigenvalue weighted by Gasteiger charge is -2.31. The molecular weight excluding hydrogens is 226 g/mol. The van der Waals surface area contributed by atoms with Crippen LogP contribution in [-0.2, 0) is 17.8 Å². The molecule has 3 nitrogen and oxygen atoms in total. The van der Waals surface area contributed by atoms with E-state index in [1.807, 2.05) is 13.8 Å². The van der Waals surface area contributed by atoms with Crippen LogP contribution in [0.3, 0.4) is 0 Å². The van der Waals surface area contributed by atoms with Crippen LogP contribution in [0, 0.1) is 11.8 Å². The molecule has 0 amide bonds. The van der Waals surface area contributed by atoms with Crippen molar-refractivity contribution < 1.29 is 9.90 Å². The summed E-state index contributed by atoms with van der Waals surface area (Å²) < 4.78 is 0. The number of carbonyl (C=O) groups is 1. The highest BCUT2D eigenvalue weighted by Gasteiger charge is 2.26. The molecule has 1 aromatic rings. The van der Waals surface area contributed by atoms with E-state index in [4.69, 9.17) is 0 Å². The molecule has 0 saturated heterocycles. The van der Waals surface area contributed by atoms with Crippen molar-refractivity contribution >= 4 is 5.97 Å². The summed E-state index contributed by atoms with van der Waals surface area (Å²) in [4.78, 5) is 13.5. The van der Waals surface area contributed by atoms with E-state index in [-0.39, 0.29) is 11.8 Å². The van der Waals surface area contributed by atoms with Crippen molar-refractivity contribution in [2.75, 3.05) is 13.1 Å². The smallest absolute Gasteiger partial charge is 0.308 e. The van der Waals surface area contributed by atoms with Crippen LogP contribution < -0.4 is 0 Å². The fourth-order valence-corrected chi connectivity index (χ4v) is 2.56. The van der Waals surface area contributed by atoms with Crippen LogP contribution in [0.5, 0.6) is 0 Å². The molecule has 1 unspecified atom stereocenters. The Bertz CT molecular complexity index is 428. The molecule has 18 heavy (non-hydrogen) atoms. The zero-order chi connectivity index (χ0) is 13.1. The maximum absolute atomic E-state index is 11.2. The van der Waals surface area contributed by atoms with Gasteiger partial charge in [-0.05, 0) is 23.5 Å². The molecule has 1 aliphatic rings. The monoisotopic (exact) mass is 247 g/mol. The summed E-state index contributed by atoms with van der Waals surface area (Å²) in [6, 6.07) is 8.44. The zero-order valence-corrected chi connectivity index (χ0v) is 11.1. The van der Waals surface area contributed by atoms with Crippen molar-refractivity contribution in [3.8, 4) is 0 Å². The number of carboxylic acid groups (broad SMARTS) is 1. The van der Waals surface area contributed by atoms with Crippen LogP contribution in [0.1, 0.15) is 25.0 Å². The summed E-state index contributed by atoms with van der Waals surface area (Å²) in [6.45, 7) is 6.47. The van der Waals surface area contributed by atoms with Gasteiger partial charge in [0.05, 0.1) is 5.92 Å². The van der Waals surface area contributed by atoms with Gasteiger partial charge in [-0.3, -0.25) is 9.69 Å². The summed E-state index contributed by atoms with van der Waals surface area (Å²) in [7, 11) is 0. The lowest BCUT2D eigenvalue weighted by molar-refractivity contribution is -0.144. The molecule has 2 rings (SSSR count). The molecule has 0 spiro atoms. The fourth-order valence-electron chi connectivity index (χ4n) is 2.56. The second-order valence-corrected chi connectivity index (χ2v) is 5.44. The number of nitrogens with zero attached hydrogens (tertiary/aromatic N) is 1. The highest BCUT2D eigenvalue weighted by molar-refractivity contribution is 5.70. The van der Waals surface area contributed by atoms with Gasteiger partial charge in [0.25, 0.3) is 0 Å². The third-order valence-electron chi connectivity index (χ3n) is 3.79. The van der Waals surface area contributed by atoms with E-state index >= 15 is 0 Å². The van der Waals surface area contributed by atoms with Crippen molar-refractivity contribution in [1.82, 2.24) is 4.90 Å². The number of carboxylic acids is 1. The predicted molar refractivity (Wildman–Crippen MR) is 71.4 cm³/mol. The Morgan fingerprint density at radius 3 is 2.61 bits per heavy atom. The molecule has 0 aliphatic carbocycles. The van der Waals surface area contributed by atoms with E-state index < -0.39 is 5.97 Å². The fraction of sp³-hybridized carbons (Fsp3) is 0.533. The number of hydrogen-bond donors (Lipinski definition) is 1. The minimum atomic E-state index is -0.677. The second-order valence-electron chi connectivity index (χ2n) is 5.44. The summed E-state index contributed by atoms with van der Waals surface area (Å²) in [5.41, 5.74) is 2.75. The van der Waals surface area contributed by atoms with Crippen LogP contribution in [0.15, 0.2) is 24.3 Å². The Kier molecular flexibility index (Phi) is 4.02. The van der Waals surface area contributed by atoms with Crippen LogP contribution >= 0.6 is 0 Å². The number of benzene rings is 1. The molecule has 1 aliphatic heterocycles. The van der Waals surface area contributed by atoms with Gasteiger partial charge in [-0.2, -0.15) is 0 Å². The van der Waals surface area contributed by atoms with Gasteiger partial charge in [0.15, 0.2) is 0 Å². The Balaban J connectivity index is 2.03. The van der Waals surface area contributed by atoms with Gasteiger partial charge in [0, 0.05) is 19.6 Å². The first kappa shape index (κ1) is 13.1. The molecule has 98 valence electrons. The molecule has 1 heterocycles. The summed E-state index contributed by atoms with van der Waals surface area (Å²) in [6.07, 6.45) is 1.03. The summed E-state index contributed by atoms with van der Waals surface area (Å²) >= 11 is 0. The van der Waals surface area contributed by atoms with Crippen molar-refractivity contribution in [3.63, 3.8) is 0 Å². The van der Waals surface area contributed by atoms with Gasteiger partial charge in [0.2, 0.25) is 0 Å². The van der Waals surface area contributed by atoms with Crippen LogP contribution in [0.2, 0.25) is 0 Å². The number of fused-ring (bicyclic) bond motifs is 1. The highest BCUT2D eigenvalue weighted by atomic mass is 16.4. The number of hydrogen-bond acceptors (Lipinski definition) is 2. The maximum Gasteiger partial charge on any atom is 0.308 e. The molecule has 0 radical (unpaired) electrons. The van der Waals surface area contributed by atoms with Crippen LogP contribution in [0.4, 0.5) is 0 Å². The Morgan fingerprint density at radius 1 is 1.33 bits per heavy atom. The normalized spacial score (nSPS) is 17.5. The standard InChI is InChI=1S/C15H21NO2/c1-11(2)14(15(17)18)10-16-8-7-12-5-3-4-6-13(12)9-16/h3-6,11,14H,7-10H2,1-2H3,(H,17,18). The second kappa shape index (κ2) is 5.53. The molecule has 1 N–H and O–H groups in total. The van der Waals surface area contributed by atoms with E-state index in [1.54, 1.807) is 0 Å². The Hall–Kier alpha value is -1.35. The first-order chi connectivity index (χ1) is 8.58. The highest BCUT2D eigenvalue weighted by Crippen LogP contribution is 2.21. The minimum Gasteiger partial charge on any atom is -0.481 e. The van der Waals surface area contributed by atoms with Gasteiger partial charge >= 0.3 is 5.97 Å². The summed E-state index contributed by atoms with van der Waals surface area (Å²) in [5, 5.41) is 9.24.